The molecular formula is C10H20N2O. The summed E-state index contributed by atoms with van der Waals surface area (Å²) in [4.78, 5) is 15.4. The van der Waals surface area contributed by atoms with E-state index in [1.165, 1.54) is 0 Å². The van der Waals surface area contributed by atoms with Crippen molar-refractivity contribution < 1.29 is 4.79 Å². The number of urea groups is 1. The van der Waals surface area contributed by atoms with E-state index < -0.39 is 0 Å². The van der Waals surface area contributed by atoms with E-state index in [9.17, 15) is 4.79 Å². The second kappa shape index (κ2) is 3.99. The maximum Gasteiger partial charge on any atom is 0.319 e. The van der Waals surface area contributed by atoms with Crippen molar-refractivity contribution in [3.05, 3.63) is 0 Å². The second-order valence-electron chi connectivity index (χ2n) is 4.23. The summed E-state index contributed by atoms with van der Waals surface area (Å²) in [6.45, 7) is 5.29. The van der Waals surface area contributed by atoms with Gasteiger partial charge < -0.3 is 9.80 Å². The number of amides is 2. The van der Waals surface area contributed by atoms with Gasteiger partial charge in [0, 0.05) is 26.7 Å². The summed E-state index contributed by atoms with van der Waals surface area (Å²) in [6, 6.07) is 0.626. The lowest BCUT2D eigenvalue weighted by Crippen LogP contribution is -2.42. The van der Waals surface area contributed by atoms with Crippen molar-refractivity contribution in [1.82, 2.24) is 9.80 Å². The molecule has 1 aliphatic rings. The van der Waals surface area contributed by atoms with Crippen molar-refractivity contribution in [2.45, 2.75) is 32.7 Å². The Hall–Kier alpha value is -0.730. The fraction of sp³-hybridized carbons (Fsp3) is 0.900. The molecule has 2 amide bonds. The Bertz CT molecular complexity index is 191. The maximum absolute atomic E-state index is 11.7. The van der Waals surface area contributed by atoms with Gasteiger partial charge in [0.25, 0.3) is 0 Å². The Balaban J connectivity index is 2.62. The van der Waals surface area contributed by atoms with Gasteiger partial charge in [0.15, 0.2) is 0 Å². The highest BCUT2D eigenvalue weighted by atomic mass is 16.2. The molecule has 1 saturated heterocycles. The molecule has 3 heteroatoms. The van der Waals surface area contributed by atoms with Crippen LogP contribution in [0.3, 0.4) is 0 Å². The summed E-state index contributed by atoms with van der Waals surface area (Å²) in [5, 5.41) is 0. The normalized spacial score (nSPS) is 27.8. The van der Waals surface area contributed by atoms with Crippen LogP contribution in [0.15, 0.2) is 0 Å². The Morgan fingerprint density at radius 2 is 2.15 bits per heavy atom. The summed E-state index contributed by atoms with van der Waals surface area (Å²) >= 11 is 0. The van der Waals surface area contributed by atoms with E-state index in [-0.39, 0.29) is 6.03 Å². The molecule has 0 aliphatic carbocycles. The molecule has 1 heterocycles. The van der Waals surface area contributed by atoms with Gasteiger partial charge in [-0.1, -0.05) is 13.8 Å². The van der Waals surface area contributed by atoms with E-state index >= 15 is 0 Å². The first-order valence-corrected chi connectivity index (χ1v) is 5.04. The fourth-order valence-electron chi connectivity index (χ4n) is 2.03. The highest BCUT2D eigenvalue weighted by Crippen LogP contribution is 2.25. The molecule has 0 radical (unpaired) electrons. The maximum atomic E-state index is 11.7. The summed E-state index contributed by atoms with van der Waals surface area (Å²) in [6.07, 6.45) is 2.24. The first kappa shape index (κ1) is 10.4. The molecule has 2 atom stereocenters. The molecule has 0 aromatic rings. The third kappa shape index (κ3) is 2.14. The number of hydrogen-bond acceptors (Lipinski definition) is 1. The average molecular weight is 184 g/mol. The van der Waals surface area contributed by atoms with Crippen molar-refractivity contribution in [1.29, 1.82) is 0 Å². The van der Waals surface area contributed by atoms with Gasteiger partial charge in [0.05, 0.1) is 0 Å². The van der Waals surface area contributed by atoms with Crippen molar-refractivity contribution in [3.8, 4) is 0 Å². The molecule has 0 bridgehead atoms. The van der Waals surface area contributed by atoms with Crippen LogP contribution in [-0.2, 0) is 0 Å². The first-order valence-electron chi connectivity index (χ1n) is 5.04. The Morgan fingerprint density at radius 3 is 2.62 bits per heavy atom. The van der Waals surface area contributed by atoms with Crippen molar-refractivity contribution in [2.75, 3.05) is 20.6 Å². The van der Waals surface area contributed by atoms with Crippen LogP contribution in [0.25, 0.3) is 0 Å². The summed E-state index contributed by atoms with van der Waals surface area (Å²) < 4.78 is 0. The van der Waals surface area contributed by atoms with Crippen molar-refractivity contribution >= 4 is 6.03 Å². The number of nitrogens with zero attached hydrogens (tertiary/aromatic N) is 2. The van der Waals surface area contributed by atoms with Gasteiger partial charge in [-0.15, -0.1) is 0 Å². The molecule has 1 fully saturated rings. The van der Waals surface area contributed by atoms with Gasteiger partial charge in [-0.05, 0) is 18.8 Å². The van der Waals surface area contributed by atoms with Crippen LogP contribution in [0.4, 0.5) is 4.79 Å². The van der Waals surface area contributed by atoms with E-state index in [0.29, 0.717) is 12.0 Å². The molecule has 0 saturated carbocycles. The zero-order chi connectivity index (χ0) is 10.0. The first-order chi connectivity index (χ1) is 6.06. The third-order valence-corrected chi connectivity index (χ3v) is 2.72. The molecule has 3 nitrogen and oxygen atoms in total. The molecule has 13 heavy (non-hydrogen) atoms. The van der Waals surface area contributed by atoms with Gasteiger partial charge in [-0.3, -0.25) is 0 Å². The Kier molecular flexibility index (Phi) is 3.17. The molecular weight excluding hydrogens is 164 g/mol. The molecule has 0 N–H and O–H groups in total. The number of rotatable bonds is 1. The third-order valence-electron chi connectivity index (χ3n) is 2.72. The largest absolute Gasteiger partial charge is 0.331 e. The fourth-order valence-corrected chi connectivity index (χ4v) is 2.03. The van der Waals surface area contributed by atoms with Crippen LogP contribution in [-0.4, -0.2) is 42.5 Å². The van der Waals surface area contributed by atoms with Gasteiger partial charge >= 0.3 is 6.03 Å². The monoisotopic (exact) mass is 184 g/mol. The number of carbonyl (C=O) groups is 1. The zero-order valence-corrected chi connectivity index (χ0v) is 9.08. The quantitative estimate of drug-likeness (QED) is 0.609. The highest BCUT2D eigenvalue weighted by Gasteiger charge is 2.32. The highest BCUT2D eigenvalue weighted by molar-refractivity contribution is 5.74. The van der Waals surface area contributed by atoms with Crippen LogP contribution in [0.1, 0.15) is 26.7 Å². The number of likely N-dealkylation sites (tertiary alicyclic amines) is 1. The van der Waals surface area contributed by atoms with Crippen LogP contribution in [0, 0.1) is 5.92 Å². The molecule has 0 spiro atoms. The minimum absolute atomic E-state index is 0.163. The Labute approximate surface area is 80.7 Å². The zero-order valence-electron chi connectivity index (χ0n) is 9.08. The van der Waals surface area contributed by atoms with Crippen molar-refractivity contribution in [3.63, 3.8) is 0 Å². The number of hydrogen-bond donors (Lipinski definition) is 0. The van der Waals surface area contributed by atoms with E-state index in [1.807, 2.05) is 19.0 Å². The molecule has 1 rings (SSSR count). The van der Waals surface area contributed by atoms with E-state index in [2.05, 4.69) is 13.8 Å². The lowest BCUT2D eigenvalue weighted by atomic mass is 10.1. The lowest BCUT2D eigenvalue weighted by molar-refractivity contribution is 0.164. The molecule has 1 aliphatic heterocycles. The van der Waals surface area contributed by atoms with Crippen LogP contribution >= 0.6 is 0 Å². The minimum Gasteiger partial charge on any atom is -0.331 e. The summed E-state index contributed by atoms with van der Waals surface area (Å²) in [5.41, 5.74) is 0. The predicted molar refractivity (Wildman–Crippen MR) is 53.6 cm³/mol. The van der Waals surface area contributed by atoms with Crippen LogP contribution in [0.5, 0.6) is 0 Å². The smallest absolute Gasteiger partial charge is 0.319 e. The minimum atomic E-state index is 0.163. The van der Waals surface area contributed by atoms with Crippen LogP contribution < -0.4 is 0 Å². The molecule has 2 unspecified atom stereocenters. The topological polar surface area (TPSA) is 23.6 Å². The van der Waals surface area contributed by atoms with E-state index in [1.54, 1.807) is 4.90 Å². The van der Waals surface area contributed by atoms with E-state index in [4.69, 9.17) is 0 Å². The van der Waals surface area contributed by atoms with Gasteiger partial charge in [0.1, 0.15) is 0 Å². The van der Waals surface area contributed by atoms with Crippen LogP contribution in [0.2, 0.25) is 0 Å². The van der Waals surface area contributed by atoms with Gasteiger partial charge in [0.2, 0.25) is 0 Å². The summed E-state index contributed by atoms with van der Waals surface area (Å²) in [7, 11) is 3.64. The molecule has 76 valence electrons. The molecule has 0 aromatic carbocycles. The van der Waals surface area contributed by atoms with Gasteiger partial charge in [-0.25, -0.2) is 4.79 Å². The SMILES string of the molecule is CCC1CC(C)CN1C(=O)N(C)C. The molecule has 0 aromatic heterocycles. The Morgan fingerprint density at radius 1 is 1.54 bits per heavy atom. The van der Waals surface area contributed by atoms with Crippen molar-refractivity contribution in [2.24, 2.45) is 5.92 Å². The standard InChI is InChI=1S/C10H20N2O/c1-5-9-6-8(2)7-12(9)10(13)11(3)4/h8-9H,5-7H2,1-4H3. The lowest BCUT2D eigenvalue weighted by Gasteiger charge is -2.26. The summed E-state index contributed by atoms with van der Waals surface area (Å²) in [5.74, 6) is 0.661. The second-order valence-corrected chi connectivity index (χ2v) is 4.23. The number of carbonyl (C=O) groups excluding carboxylic acids is 1. The van der Waals surface area contributed by atoms with E-state index in [0.717, 1.165) is 19.4 Å². The average Bonchev–Trinajstić information content (AvgIpc) is 2.45. The van der Waals surface area contributed by atoms with Gasteiger partial charge in [-0.2, -0.15) is 0 Å². The predicted octanol–water partition coefficient (Wildman–Crippen LogP) is 1.79.